The SMILES string of the molecule is CC(=O)c1ccccc1NC(=O)CSCc1ccc(-n2cccn2)cc1. The molecular weight excluding hydrogens is 346 g/mol. The second-order valence-electron chi connectivity index (χ2n) is 5.76. The van der Waals surface area contributed by atoms with E-state index in [1.807, 2.05) is 36.5 Å². The molecule has 3 rings (SSSR count). The van der Waals surface area contributed by atoms with Crippen molar-refractivity contribution in [3.05, 3.63) is 78.1 Å². The summed E-state index contributed by atoms with van der Waals surface area (Å²) < 4.78 is 1.80. The van der Waals surface area contributed by atoms with Crippen molar-refractivity contribution >= 4 is 29.1 Å². The van der Waals surface area contributed by atoms with E-state index >= 15 is 0 Å². The normalized spacial score (nSPS) is 10.5. The molecule has 26 heavy (non-hydrogen) atoms. The van der Waals surface area contributed by atoms with Crippen molar-refractivity contribution in [2.24, 2.45) is 0 Å². The number of carbonyl (C=O) groups is 2. The van der Waals surface area contributed by atoms with Gasteiger partial charge in [0.2, 0.25) is 5.91 Å². The summed E-state index contributed by atoms with van der Waals surface area (Å²) in [6, 6.07) is 17.0. The van der Waals surface area contributed by atoms with Crippen LogP contribution in [0.2, 0.25) is 0 Å². The van der Waals surface area contributed by atoms with Crippen molar-refractivity contribution < 1.29 is 9.59 Å². The summed E-state index contributed by atoms with van der Waals surface area (Å²) in [5.41, 5.74) is 3.24. The topological polar surface area (TPSA) is 64.0 Å². The van der Waals surface area contributed by atoms with E-state index < -0.39 is 0 Å². The molecule has 0 unspecified atom stereocenters. The van der Waals surface area contributed by atoms with Crippen LogP contribution in [-0.4, -0.2) is 27.2 Å². The molecule has 0 aliphatic heterocycles. The van der Waals surface area contributed by atoms with Gasteiger partial charge in [-0.3, -0.25) is 9.59 Å². The van der Waals surface area contributed by atoms with Crippen LogP contribution in [0, 0.1) is 0 Å². The lowest BCUT2D eigenvalue weighted by Crippen LogP contribution is -2.16. The lowest BCUT2D eigenvalue weighted by Gasteiger charge is -2.09. The van der Waals surface area contributed by atoms with Crippen molar-refractivity contribution in [3.8, 4) is 5.69 Å². The van der Waals surface area contributed by atoms with Gasteiger partial charge in [-0.25, -0.2) is 4.68 Å². The highest BCUT2D eigenvalue weighted by atomic mass is 32.2. The number of ketones is 1. The van der Waals surface area contributed by atoms with Crippen molar-refractivity contribution in [2.45, 2.75) is 12.7 Å². The van der Waals surface area contributed by atoms with E-state index in [0.29, 0.717) is 17.0 Å². The highest BCUT2D eigenvalue weighted by Crippen LogP contribution is 2.18. The quantitative estimate of drug-likeness (QED) is 0.644. The Morgan fingerprint density at radius 3 is 2.54 bits per heavy atom. The molecule has 0 atom stereocenters. The molecule has 0 bridgehead atoms. The van der Waals surface area contributed by atoms with E-state index in [0.717, 1.165) is 17.0 Å². The van der Waals surface area contributed by atoms with Gasteiger partial charge in [0.15, 0.2) is 5.78 Å². The molecule has 2 aromatic carbocycles. The van der Waals surface area contributed by atoms with E-state index in [1.165, 1.54) is 18.7 Å². The number of Topliss-reactive ketones (excluding diaryl/α,β-unsaturated/α-hetero) is 1. The Morgan fingerprint density at radius 2 is 1.85 bits per heavy atom. The first kappa shape index (κ1) is 17.9. The lowest BCUT2D eigenvalue weighted by molar-refractivity contribution is -0.113. The van der Waals surface area contributed by atoms with Crippen LogP contribution in [-0.2, 0) is 10.5 Å². The average molecular weight is 365 g/mol. The van der Waals surface area contributed by atoms with E-state index in [9.17, 15) is 9.59 Å². The Morgan fingerprint density at radius 1 is 1.08 bits per heavy atom. The second kappa shape index (κ2) is 8.49. The number of benzene rings is 2. The maximum Gasteiger partial charge on any atom is 0.234 e. The van der Waals surface area contributed by atoms with Gasteiger partial charge in [-0.05, 0) is 42.8 Å². The summed E-state index contributed by atoms with van der Waals surface area (Å²) >= 11 is 1.53. The minimum atomic E-state index is -0.114. The standard InChI is InChI=1S/C20H19N3O2S/c1-15(24)18-5-2-3-6-19(18)22-20(25)14-26-13-16-7-9-17(10-8-16)23-12-4-11-21-23/h2-12H,13-14H2,1H3,(H,22,25). The number of thioether (sulfide) groups is 1. The maximum absolute atomic E-state index is 12.1. The Balaban J connectivity index is 1.50. The number of hydrogen-bond acceptors (Lipinski definition) is 4. The van der Waals surface area contributed by atoms with Crippen molar-refractivity contribution in [3.63, 3.8) is 0 Å². The number of para-hydroxylation sites is 1. The van der Waals surface area contributed by atoms with Crippen LogP contribution >= 0.6 is 11.8 Å². The number of rotatable bonds is 7. The molecule has 0 spiro atoms. The Hall–Kier alpha value is -2.86. The van der Waals surface area contributed by atoms with Gasteiger partial charge in [0.25, 0.3) is 0 Å². The second-order valence-corrected chi connectivity index (χ2v) is 6.75. The van der Waals surface area contributed by atoms with Gasteiger partial charge >= 0.3 is 0 Å². The molecule has 0 aliphatic rings. The molecule has 1 N–H and O–H groups in total. The van der Waals surface area contributed by atoms with Crippen LogP contribution in [0.1, 0.15) is 22.8 Å². The number of nitrogens with zero attached hydrogens (tertiary/aromatic N) is 2. The molecule has 132 valence electrons. The first-order valence-electron chi connectivity index (χ1n) is 8.20. The van der Waals surface area contributed by atoms with Crippen molar-refractivity contribution in [1.82, 2.24) is 9.78 Å². The van der Waals surface area contributed by atoms with Gasteiger partial charge in [0, 0.05) is 23.7 Å². The summed E-state index contributed by atoms with van der Waals surface area (Å²) in [5.74, 6) is 0.886. The lowest BCUT2D eigenvalue weighted by atomic mass is 10.1. The van der Waals surface area contributed by atoms with Gasteiger partial charge in [-0.15, -0.1) is 11.8 Å². The van der Waals surface area contributed by atoms with Gasteiger partial charge in [-0.2, -0.15) is 5.10 Å². The van der Waals surface area contributed by atoms with Crippen LogP contribution in [0.4, 0.5) is 5.69 Å². The average Bonchev–Trinajstić information content (AvgIpc) is 3.17. The first-order chi connectivity index (χ1) is 12.6. The fourth-order valence-corrected chi connectivity index (χ4v) is 3.30. The van der Waals surface area contributed by atoms with Crippen LogP contribution in [0.15, 0.2) is 67.0 Å². The third-order valence-corrected chi connectivity index (χ3v) is 4.79. The van der Waals surface area contributed by atoms with Crippen molar-refractivity contribution in [1.29, 1.82) is 0 Å². The minimum Gasteiger partial charge on any atom is -0.325 e. The Labute approximate surface area is 156 Å². The zero-order chi connectivity index (χ0) is 18.4. The molecule has 0 aliphatic carbocycles. The van der Waals surface area contributed by atoms with Crippen molar-refractivity contribution in [2.75, 3.05) is 11.1 Å². The van der Waals surface area contributed by atoms with Crippen LogP contribution < -0.4 is 5.32 Å². The summed E-state index contributed by atoms with van der Waals surface area (Å²) in [4.78, 5) is 23.7. The Kier molecular flexibility index (Phi) is 5.86. The predicted octanol–water partition coefficient (Wildman–Crippen LogP) is 3.95. The number of anilines is 1. The van der Waals surface area contributed by atoms with E-state index in [-0.39, 0.29) is 11.7 Å². The molecule has 1 amide bonds. The molecule has 0 saturated heterocycles. The van der Waals surface area contributed by atoms with Gasteiger partial charge in [-0.1, -0.05) is 24.3 Å². The molecule has 5 nitrogen and oxygen atoms in total. The van der Waals surface area contributed by atoms with E-state index in [1.54, 1.807) is 35.1 Å². The molecule has 0 saturated carbocycles. The number of nitrogens with one attached hydrogen (secondary N) is 1. The van der Waals surface area contributed by atoms with Crippen LogP contribution in [0.3, 0.4) is 0 Å². The summed E-state index contributed by atoms with van der Waals surface area (Å²) in [6.45, 7) is 1.49. The highest BCUT2D eigenvalue weighted by Gasteiger charge is 2.09. The van der Waals surface area contributed by atoms with Crippen LogP contribution in [0.5, 0.6) is 0 Å². The van der Waals surface area contributed by atoms with E-state index in [2.05, 4.69) is 10.4 Å². The van der Waals surface area contributed by atoms with Gasteiger partial charge in [0.1, 0.15) is 0 Å². The number of amides is 1. The Bertz CT molecular complexity index is 890. The molecule has 0 radical (unpaired) electrons. The number of hydrogen-bond donors (Lipinski definition) is 1. The third kappa shape index (κ3) is 4.61. The molecule has 3 aromatic rings. The molecule has 0 fully saturated rings. The first-order valence-corrected chi connectivity index (χ1v) is 9.35. The fraction of sp³-hybridized carbons (Fsp3) is 0.150. The molecule has 6 heteroatoms. The number of aromatic nitrogens is 2. The molecule has 1 heterocycles. The minimum absolute atomic E-state index is 0.0641. The molecular formula is C20H19N3O2S. The van der Waals surface area contributed by atoms with Gasteiger partial charge in [0.05, 0.1) is 17.1 Å². The largest absolute Gasteiger partial charge is 0.325 e. The third-order valence-electron chi connectivity index (χ3n) is 3.79. The summed E-state index contributed by atoms with van der Waals surface area (Å²) in [7, 11) is 0. The maximum atomic E-state index is 12.1. The summed E-state index contributed by atoms with van der Waals surface area (Å²) in [6.07, 6.45) is 3.64. The highest BCUT2D eigenvalue weighted by molar-refractivity contribution is 7.99. The monoisotopic (exact) mass is 365 g/mol. The van der Waals surface area contributed by atoms with Gasteiger partial charge < -0.3 is 5.32 Å². The fourth-order valence-electron chi connectivity index (χ4n) is 2.51. The number of carbonyl (C=O) groups excluding carboxylic acids is 2. The zero-order valence-corrected chi connectivity index (χ0v) is 15.2. The summed E-state index contributed by atoms with van der Waals surface area (Å²) in [5, 5.41) is 7.01. The molecule has 1 aromatic heterocycles. The smallest absolute Gasteiger partial charge is 0.234 e. The van der Waals surface area contributed by atoms with Crippen LogP contribution in [0.25, 0.3) is 5.69 Å². The zero-order valence-electron chi connectivity index (χ0n) is 14.4. The predicted molar refractivity (Wildman–Crippen MR) is 105 cm³/mol. The van der Waals surface area contributed by atoms with E-state index in [4.69, 9.17) is 0 Å².